The molecule has 0 aromatic rings. The molecule has 0 aromatic carbocycles. The van der Waals surface area contributed by atoms with Crippen LogP contribution in [0.5, 0.6) is 0 Å². The number of aliphatic hydroxyl groups is 1. The Kier molecular flexibility index (Phi) is 2.97. The van der Waals surface area contributed by atoms with E-state index in [9.17, 15) is 0 Å². The molecule has 0 radical (unpaired) electrons. The van der Waals surface area contributed by atoms with Crippen LogP contribution in [-0.2, 0) is 4.74 Å². The summed E-state index contributed by atoms with van der Waals surface area (Å²) in [4.78, 5) is 0. The van der Waals surface area contributed by atoms with E-state index in [1.807, 2.05) is 0 Å². The fourth-order valence-corrected chi connectivity index (χ4v) is 0.988. The quantitative estimate of drug-likeness (QED) is 0.534. The predicted octanol–water partition coefficient (Wildman–Crippen LogP) is -0.438. The highest BCUT2D eigenvalue weighted by Gasteiger charge is 2.11. The van der Waals surface area contributed by atoms with Crippen molar-refractivity contribution in [3.8, 4) is 0 Å². The van der Waals surface area contributed by atoms with Gasteiger partial charge >= 0.3 is 0 Å². The van der Waals surface area contributed by atoms with Crippen molar-refractivity contribution in [2.24, 2.45) is 5.92 Å². The second-order valence-electron chi connectivity index (χ2n) is 2.35. The molecule has 1 aliphatic rings. The van der Waals surface area contributed by atoms with Gasteiger partial charge in [-0.2, -0.15) is 0 Å². The van der Waals surface area contributed by atoms with E-state index in [0.29, 0.717) is 12.6 Å². The highest BCUT2D eigenvalue weighted by atomic mass is 16.5. The molecular weight excluding hydrogens is 118 g/mol. The maximum atomic E-state index is 8.54. The lowest BCUT2D eigenvalue weighted by Crippen LogP contribution is -2.35. The van der Waals surface area contributed by atoms with Gasteiger partial charge in [0.15, 0.2) is 0 Å². The molecule has 0 spiro atoms. The first kappa shape index (κ1) is 6.99. The fourth-order valence-electron chi connectivity index (χ4n) is 0.988. The number of ether oxygens (including phenoxy) is 1. The minimum Gasteiger partial charge on any atom is -0.396 e. The van der Waals surface area contributed by atoms with Crippen LogP contribution in [0.1, 0.15) is 6.42 Å². The Morgan fingerprint density at radius 1 is 1.67 bits per heavy atom. The first-order valence-corrected chi connectivity index (χ1v) is 3.33. The zero-order chi connectivity index (χ0) is 6.53. The highest BCUT2D eigenvalue weighted by molar-refractivity contribution is 4.63. The number of aliphatic hydroxyl groups excluding tert-OH is 1. The number of nitrogens with one attached hydrogen (secondary N) is 1. The van der Waals surface area contributed by atoms with E-state index in [2.05, 4.69) is 5.32 Å². The average Bonchev–Trinajstić information content (AvgIpc) is 1.91. The van der Waals surface area contributed by atoms with Crippen LogP contribution in [0.3, 0.4) is 0 Å². The Labute approximate surface area is 55.0 Å². The van der Waals surface area contributed by atoms with Crippen molar-refractivity contribution < 1.29 is 9.84 Å². The van der Waals surface area contributed by atoms with Gasteiger partial charge in [-0.1, -0.05) is 0 Å². The van der Waals surface area contributed by atoms with Crippen molar-refractivity contribution in [2.45, 2.75) is 6.42 Å². The SMILES string of the molecule is OCCC1CNCOC1. The Balaban J connectivity index is 2.08. The Morgan fingerprint density at radius 3 is 3.11 bits per heavy atom. The van der Waals surface area contributed by atoms with Crippen LogP contribution in [0.2, 0.25) is 0 Å². The van der Waals surface area contributed by atoms with E-state index in [4.69, 9.17) is 9.84 Å². The largest absolute Gasteiger partial charge is 0.396 e. The molecule has 1 rings (SSSR count). The number of rotatable bonds is 2. The van der Waals surface area contributed by atoms with Gasteiger partial charge in [0.05, 0.1) is 13.3 Å². The third kappa shape index (κ3) is 2.30. The molecule has 0 saturated carbocycles. The summed E-state index contributed by atoms with van der Waals surface area (Å²) >= 11 is 0. The van der Waals surface area contributed by atoms with Crippen molar-refractivity contribution in [1.29, 1.82) is 0 Å². The summed E-state index contributed by atoms with van der Waals surface area (Å²) in [7, 11) is 0. The highest BCUT2D eigenvalue weighted by Crippen LogP contribution is 2.04. The predicted molar refractivity (Wildman–Crippen MR) is 34.0 cm³/mol. The molecule has 3 nitrogen and oxygen atoms in total. The van der Waals surface area contributed by atoms with E-state index in [1.165, 1.54) is 0 Å². The maximum absolute atomic E-state index is 8.54. The molecule has 0 bridgehead atoms. The molecule has 0 amide bonds. The van der Waals surface area contributed by atoms with Gasteiger partial charge in [-0.05, 0) is 12.3 Å². The average molecular weight is 131 g/mol. The zero-order valence-electron chi connectivity index (χ0n) is 5.47. The van der Waals surface area contributed by atoms with Crippen LogP contribution in [0.4, 0.5) is 0 Å². The molecule has 1 heterocycles. The first-order chi connectivity index (χ1) is 4.43. The monoisotopic (exact) mass is 131 g/mol. The summed E-state index contributed by atoms with van der Waals surface area (Å²) in [5.74, 6) is 0.517. The minimum absolute atomic E-state index is 0.274. The third-order valence-electron chi connectivity index (χ3n) is 1.53. The topological polar surface area (TPSA) is 41.5 Å². The molecule has 3 heteroatoms. The van der Waals surface area contributed by atoms with Crippen molar-refractivity contribution in [3.05, 3.63) is 0 Å². The lowest BCUT2D eigenvalue weighted by atomic mass is 10.1. The molecule has 1 fully saturated rings. The second-order valence-corrected chi connectivity index (χ2v) is 2.35. The summed E-state index contributed by atoms with van der Waals surface area (Å²) in [6, 6.07) is 0. The standard InChI is InChI=1S/C6H13NO2/c8-2-1-6-3-7-5-9-4-6/h6-8H,1-5H2. The van der Waals surface area contributed by atoms with Crippen molar-refractivity contribution in [1.82, 2.24) is 5.32 Å². The summed E-state index contributed by atoms with van der Waals surface area (Å²) in [6.45, 7) is 2.73. The van der Waals surface area contributed by atoms with Crippen molar-refractivity contribution >= 4 is 0 Å². The minimum atomic E-state index is 0.274. The van der Waals surface area contributed by atoms with Gasteiger partial charge in [0.1, 0.15) is 0 Å². The lowest BCUT2D eigenvalue weighted by Gasteiger charge is -2.21. The van der Waals surface area contributed by atoms with Crippen LogP contribution >= 0.6 is 0 Å². The summed E-state index contributed by atoms with van der Waals surface area (Å²) in [5, 5.41) is 11.6. The van der Waals surface area contributed by atoms with Gasteiger partial charge < -0.3 is 9.84 Å². The van der Waals surface area contributed by atoms with Crippen molar-refractivity contribution in [2.75, 3.05) is 26.5 Å². The summed E-state index contributed by atoms with van der Waals surface area (Å²) in [6.07, 6.45) is 0.854. The molecule has 2 N–H and O–H groups in total. The van der Waals surface area contributed by atoms with E-state index < -0.39 is 0 Å². The lowest BCUT2D eigenvalue weighted by molar-refractivity contribution is 0.0370. The molecule has 54 valence electrons. The van der Waals surface area contributed by atoms with Gasteiger partial charge in [0.25, 0.3) is 0 Å². The van der Waals surface area contributed by atoms with E-state index >= 15 is 0 Å². The molecule has 0 aromatic heterocycles. The smallest absolute Gasteiger partial charge is 0.0965 e. The van der Waals surface area contributed by atoms with Gasteiger partial charge in [0.2, 0.25) is 0 Å². The molecule has 1 aliphatic heterocycles. The molecule has 9 heavy (non-hydrogen) atoms. The van der Waals surface area contributed by atoms with Gasteiger partial charge in [-0.3, -0.25) is 5.32 Å². The first-order valence-electron chi connectivity index (χ1n) is 3.33. The van der Waals surface area contributed by atoms with Gasteiger partial charge in [0, 0.05) is 13.2 Å². The third-order valence-corrected chi connectivity index (χ3v) is 1.53. The normalized spacial score (nSPS) is 28.3. The Bertz CT molecular complexity index is 68.7. The van der Waals surface area contributed by atoms with E-state index in [1.54, 1.807) is 0 Å². The van der Waals surface area contributed by atoms with Crippen LogP contribution in [-0.4, -0.2) is 31.6 Å². The van der Waals surface area contributed by atoms with E-state index in [0.717, 1.165) is 19.6 Å². The molecule has 0 aliphatic carbocycles. The number of hydrogen-bond acceptors (Lipinski definition) is 3. The van der Waals surface area contributed by atoms with Crippen LogP contribution in [0, 0.1) is 5.92 Å². The van der Waals surface area contributed by atoms with Crippen LogP contribution in [0.25, 0.3) is 0 Å². The molecule has 1 unspecified atom stereocenters. The second kappa shape index (κ2) is 3.82. The van der Waals surface area contributed by atoms with Crippen LogP contribution in [0.15, 0.2) is 0 Å². The summed E-state index contributed by atoms with van der Waals surface area (Å²) < 4.78 is 5.11. The summed E-state index contributed by atoms with van der Waals surface area (Å²) in [5.41, 5.74) is 0. The van der Waals surface area contributed by atoms with Crippen molar-refractivity contribution in [3.63, 3.8) is 0 Å². The van der Waals surface area contributed by atoms with Crippen LogP contribution < -0.4 is 5.32 Å². The molecular formula is C6H13NO2. The van der Waals surface area contributed by atoms with Gasteiger partial charge in [-0.25, -0.2) is 0 Å². The Morgan fingerprint density at radius 2 is 2.56 bits per heavy atom. The zero-order valence-corrected chi connectivity index (χ0v) is 5.47. The van der Waals surface area contributed by atoms with E-state index in [-0.39, 0.29) is 6.61 Å². The number of hydrogen-bond donors (Lipinski definition) is 2. The fraction of sp³-hybridized carbons (Fsp3) is 1.00. The Hall–Kier alpha value is -0.120. The molecule has 1 atom stereocenters. The maximum Gasteiger partial charge on any atom is 0.0965 e. The van der Waals surface area contributed by atoms with Gasteiger partial charge in [-0.15, -0.1) is 0 Å². The molecule has 1 saturated heterocycles.